The molecule has 0 atom stereocenters. The Kier molecular flexibility index (Phi) is 4.69. The molecule has 2 rings (SSSR count). The molecule has 3 N–H and O–H groups in total. The minimum Gasteiger partial charge on any atom is -0.361 e. The standard InChI is InChI=1S/C9H14N4O2S2/c10-8(14)9-12-7(13-15-9)3-11-6-4-16-1-2-17-5-6/h6,11H,1-5H2,(H2,10,14). The second kappa shape index (κ2) is 6.27. The first-order valence-corrected chi connectivity index (χ1v) is 7.58. The van der Waals surface area contributed by atoms with Crippen LogP contribution in [-0.2, 0) is 6.54 Å². The van der Waals surface area contributed by atoms with E-state index >= 15 is 0 Å². The number of hydrogen-bond acceptors (Lipinski definition) is 7. The van der Waals surface area contributed by atoms with Gasteiger partial charge in [0.2, 0.25) is 0 Å². The zero-order valence-corrected chi connectivity index (χ0v) is 10.9. The SMILES string of the molecule is NC(=O)c1nc(CNC2CSCCSC2)no1. The Bertz CT molecular complexity index is 377. The number of hydrogen-bond donors (Lipinski definition) is 2. The third-order valence-electron chi connectivity index (χ3n) is 2.24. The first-order chi connectivity index (χ1) is 8.25. The molecule has 0 aromatic carbocycles. The second-order valence-electron chi connectivity index (χ2n) is 3.61. The van der Waals surface area contributed by atoms with Gasteiger partial charge in [0.25, 0.3) is 0 Å². The molecular weight excluding hydrogens is 260 g/mol. The molecule has 94 valence electrons. The van der Waals surface area contributed by atoms with Gasteiger partial charge in [0.1, 0.15) is 0 Å². The number of carbonyl (C=O) groups is 1. The molecule has 2 heterocycles. The van der Waals surface area contributed by atoms with E-state index in [1.165, 1.54) is 11.5 Å². The lowest BCUT2D eigenvalue weighted by Gasteiger charge is -2.13. The summed E-state index contributed by atoms with van der Waals surface area (Å²) in [5, 5.41) is 7.03. The van der Waals surface area contributed by atoms with Crippen LogP contribution in [0.2, 0.25) is 0 Å². The van der Waals surface area contributed by atoms with E-state index in [0.29, 0.717) is 18.4 Å². The maximum atomic E-state index is 10.8. The molecule has 0 radical (unpaired) electrons. The summed E-state index contributed by atoms with van der Waals surface area (Å²) in [7, 11) is 0. The molecule has 0 spiro atoms. The molecule has 0 saturated carbocycles. The van der Waals surface area contributed by atoms with Crippen molar-refractivity contribution in [1.29, 1.82) is 0 Å². The molecular formula is C9H14N4O2S2. The molecule has 8 heteroatoms. The smallest absolute Gasteiger partial charge is 0.315 e. The fourth-order valence-electron chi connectivity index (χ4n) is 1.40. The molecule has 0 aliphatic carbocycles. The van der Waals surface area contributed by atoms with Crippen LogP contribution in [0.3, 0.4) is 0 Å². The van der Waals surface area contributed by atoms with Gasteiger partial charge in [-0.15, -0.1) is 0 Å². The number of carbonyl (C=O) groups excluding carboxylic acids is 1. The molecule has 0 unspecified atom stereocenters. The molecule has 1 fully saturated rings. The largest absolute Gasteiger partial charge is 0.361 e. The molecule has 17 heavy (non-hydrogen) atoms. The van der Waals surface area contributed by atoms with E-state index in [1.807, 2.05) is 23.5 Å². The Hall–Kier alpha value is -0.730. The Labute approximate surface area is 107 Å². The van der Waals surface area contributed by atoms with Crippen molar-refractivity contribution in [2.45, 2.75) is 12.6 Å². The number of nitrogens with one attached hydrogen (secondary N) is 1. The zero-order valence-electron chi connectivity index (χ0n) is 9.22. The lowest BCUT2D eigenvalue weighted by atomic mass is 10.4. The Balaban J connectivity index is 1.81. The summed E-state index contributed by atoms with van der Waals surface area (Å²) in [5.41, 5.74) is 5.02. The minimum absolute atomic E-state index is 0.133. The Morgan fingerprint density at radius 2 is 2.18 bits per heavy atom. The summed E-state index contributed by atoms with van der Waals surface area (Å²) in [6.07, 6.45) is 0. The molecule has 1 aliphatic rings. The van der Waals surface area contributed by atoms with Crippen molar-refractivity contribution in [2.75, 3.05) is 23.0 Å². The number of rotatable bonds is 4. The molecule has 1 amide bonds. The van der Waals surface area contributed by atoms with Crippen LogP contribution >= 0.6 is 23.5 Å². The van der Waals surface area contributed by atoms with Gasteiger partial charge in [-0.1, -0.05) is 5.16 Å². The van der Waals surface area contributed by atoms with Crippen LogP contribution in [-0.4, -0.2) is 45.1 Å². The quantitative estimate of drug-likeness (QED) is 0.804. The predicted octanol–water partition coefficient (Wildman–Crippen LogP) is 0.107. The third kappa shape index (κ3) is 3.90. The van der Waals surface area contributed by atoms with Crippen molar-refractivity contribution < 1.29 is 9.32 Å². The first-order valence-electron chi connectivity index (χ1n) is 5.27. The second-order valence-corrected chi connectivity index (χ2v) is 5.91. The lowest BCUT2D eigenvalue weighted by Crippen LogP contribution is -2.33. The van der Waals surface area contributed by atoms with Crippen molar-refractivity contribution in [2.24, 2.45) is 5.73 Å². The summed E-state index contributed by atoms with van der Waals surface area (Å²) >= 11 is 3.89. The van der Waals surface area contributed by atoms with Crippen molar-refractivity contribution in [3.8, 4) is 0 Å². The third-order valence-corrected chi connectivity index (χ3v) is 4.76. The fraction of sp³-hybridized carbons (Fsp3) is 0.667. The Morgan fingerprint density at radius 1 is 1.47 bits per heavy atom. The highest BCUT2D eigenvalue weighted by Crippen LogP contribution is 2.16. The van der Waals surface area contributed by atoms with Crippen LogP contribution in [0.4, 0.5) is 0 Å². The van der Waals surface area contributed by atoms with Gasteiger partial charge in [-0.25, -0.2) is 0 Å². The van der Waals surface area contributed by atoms with Crippen molar-refractivity contribution in [3.63, 3.8) is 0 Å². The van der Waals surface area contributed by atoms with Crippen molar-refractivity contribution in [3.05, 3.63) is 11.7 Å². The van der Waals surface area contributed by atoms with Gasteiger partial charge in [0.05, 0.1) is 6.54 Å². The van der Waals surface area contributed by atoms with Crippen LogP contribution in [0.1, 0.15) is 16.5 Å². The molecule has 1 aromatic rings. The first kappa shape index (κ1) is 12.7. The van der Waals surface area contributed by atoms with E-state index in [2.05, 4.69) is 15.5 Å². The van der Waals surface area contributed by atoms with Crippen LogP contribution in [0.15, 0.2) is 4.52 Å². The van der Waals surface area contributed by atoms with E-state index in [-0.39, 0.29) is 5.89 Å². The van der Waals surface area contributed by atoms with E-state index in [0.717, 1.165) is 11.5 Å². The number of primary amides is 1. The highest BCUT2D eigenvalue weighted by Gasteiger charge is 2.15. The molecule has 1 aromatic heterocycles. The minimum atomic E-state index is -0.690. The predicted molar refractivity (Wildman–Crippen MR) is 68.1 cm³/mol. The Morgan fingerprint density at radius 3 is 2.76 bits per heavy atom. The fourth-order valence-corrected chi connectivity index (χ4v) is 3.86. The maximum absolute atomic E-state index is 10.8. The van der Waals surface area contributed by atoms with Crippen LogP contribution < -0.4 is 11.1 Å². The van der Waals surface area contributed by atoms with E-state index in [9.17, 15) is 4.79 Å². The van der Waals surface area contributed by atoms with E-state index < -0.39 is 5.91 Å². The number of aromatic nitrogens is 2. The summed E-state index contributed by atoms with van der Waals surface area (Å²) in [5.74, 6) is 4.24. The highest BCUT2D eigenvalue weighted by molar-refractivity contribution is 8.03. The van der Waals surface area contributed by atoms with Crippen molar-refractivity contribution >= 4 is 29.4 Å². The summed E-state index contributed by atoms with van der Waals surface area (Å²) < 4.78 is 4.70. The zero-order chi connectivity index (χ0) is 12.1. The topological polar surface area (TPSA) is 94.0 Å². The summed E-state index contributed by atoms with van der Waals surface area (Å²) in [6.45, 7) is 0.503. The number of nitrogens with two attached hydrogens (primary N) is 1. The van der Waals surface area contributed by atoms with Gasteiger partial charge in [-0.2, -0.15) is 28.5 Å². The monoisotopic (exact) mass is 274 g/mol. The summed E-state index contributed by atoms with van der Waals surface area (Å²) in [4.78, 5) is 14.7. The van der Waals surface area contributed by atoms with Crippen LogP contribution in [0.5, 0.6) is 0 Å². The van der Waals surface area contributed by atoms with Gasteiger partial charge in [-0.05, 0) is 0 Å². The van der Waals surface area contributed by atoms with E-state index in [1.54, 1.807) is 0 Å². The van der Waals surface area contributed by atoms with Gasteiger partial charge in [0.15, 0.2) is 5.82 Å². The molecule has 1 saturated heterocycles. The average molecular weight is 274 g/mol. The van der Waals surface area contributed by atoms with Gasteiger partial charge < -0.3 is 15.6 Å². The molecule has 1 aliphatic heterocycles. The number of thioether (sulfide) groups is 2. The van der Waals surface area contributed by atoms with Crippen LogP contribution in [0, 0.1) is 0 Å². The number of nitrogens with zero attached hydrogens (tertiary/aromatic N) is 2. The van der Waals surface area contributed by atoms with Gasteiger partial charge in [-0.3, -0.25) is 4.79 Å². The number of amides is 1. The van der Waals surface area contributed by atoms with Crippen LogP contribution in [0.25, 0.3) is 0 Å². The normalized spacial score (nSPS) is 17.9. The lowest BCUT2D eigenvalue weighted by molar-refractivity contribution is 0.0958. The average Bonchev–Trinajstić information content (AvgIpc) is 2.63. The van der Waals surface area contributed by atoms with Gasteiger partial charge in [0, 0.05) is 29.1 Å². The summed E-state index contributed by atoms with van der Waals surface area (Å²) in [6, 6.07) is 0.447. The van der Waals surface area contributed by atoms with Crippen molar-refractivity contribution in [1.82, 2.24) is 15.5 Å². The van der Waals surface area contributed by atoms with E-state index in [4.69, 9.17) is 10.3 Å². The van der Waals surface area contributed by atoms with Gasteiger partial charge >= 0.3 is 11.8 Å². The maximum Gasteiger partial charge on any atom is 0.315 e. The molecule has 0 bridgehead atoms. The highest BCUT2D eigenvalue weighted by atomic mass is 32.2. The molecule has 6 nitrogen and oxygen atoms in total.